The van der Waals surface area contributed by atoms with E-state index in [9.17, 15) is 5.11 Å². The molecule has 1 atom stereocenters. The number of aliphatic hydroxyl groups excluding tert-OH is 1. The number of hydrogen-bond donors (Lipinski definition) is 2. The molecule has 1 rings (SSSR count). The third-order valence-corrected chi connectivity index (χ3v) is 2.26. The minimum absolute atomic E-state index is 0.288. The molecule has 0 radical (unpaired) electrons. The molecule has 0 spiro atoms. The smallest absolute Gasteiger partial charge is 0.0914 e. The van der Waals surface area contributed by atoms with Crippen LogP contribution in [0, 0.1) is 6.92 Å². The highest BCUT2D eigenvalue weighted by Crippen LogP contribution is 2.19. The first-order valence-corrected chi connectivity index (χ1v) is 4.66. The van der Waals surface area contributed by atoms with E-state index in [0.717, 1.165) is 12.0 Å². The molecule has 1 unspecified atom stereocenters. The van der Waals surface area contributed by atoms with Crippen LogP contribution in [0.25, 0.3) is 0 Å². The van der Waals surface area contributed by atoms with Crippen molar-refractivity contribution < 1.29 is 5.11 Å². The number of aryl methyl sites for hydroxylation is 2. The Morgan fingerprint density at radius 1 is 1.46 bits per heavy atom. The standard InChI is InChI=1S/C11H17NO/c1-3-9-5-4-8(2)6-10(9)11(13)7-12/h4-6,11,13H,3,7,12H2,1-2H3. The number of benzene rings is 1. The maximum atomic E-state index is 9.64. The fourth-order valence-electron chi connectivity index (χ4n) is 1.47. The molecule has 0 saturated carbocycles. The second kappa shape index (κ2) is 4.40. The summed E-state index contributed by atoms with van der Waals surface area (Å²) in [5.74, 6) is 0. The molecule has 1 aromatic rings. The Morgan fingerprint density at radius 3 is 2.69 bits per heavy atom. The van der Waals surface area contributed by atoms with Crippen LogP contribution in [0.1, 0.15) is 29.7 Å². The van der Waals surface area contributed by atoms with Gasteiger partial charge in [-0.1, -0.05) is 30.7 Å². The van der Waals surface area contributed by atoms with Crippen molar-refractivity contribution in [2.75, 3.05) is 6.54 Å². The van der Waals surface area contributed by atoms with Crippen molar-refractivity contribution in [1.82, 2.24) is 0 Å². The van der Waals surface area contributed by atoms with Crippen LogP contribution in [-0.4, -0.2) is 11.7 Å². The zero-order valence-corrected chi connectivity index (χ0v) is 8.25. The van der Waals surface area contributed by atoms with Crippen LogP contribution in [0.2, 0.25) is 0 Å². The molecule has 0 fully saturated rings. The van der Waals surface area contributed by atoms with E-state index < -0.39 is 6.10 Å². The first-order chi connectivity index (χ1) is 6.19. The zero-order valence-electron chi connectivity index (χ0n) is 8.25. The predicted molar refractivity (Wildman–Crippen MR) is 54.6 cm³/mol. The van der Waals surface area contributed by atoms with Crippen molar-refractivity contribution >= 4 is 0 Å². The summed E-state index contributed by atoms with van der Waals surface area (Å²) in [4.78, 5) is 0. The second-order valence-corrected chi connectivity index (χ2v) is 3.31. The van der Waals surface area contributed by atoms with Gasteiger partial charge in [-0.15, -0.1) is 0 Å². The van der Waals surface area contributed by atoms with Gasteiger partial charge in [0.05, 0.1) is 6.10 Å². The van der Waals surface area contributed by atoms with Crippen LogP contribution in [0.15, 0.2) is 18.2 Å². The first kappa shape index (κ1) is 10.2. The Balaban J connectivity index is 3.07. The number of rotatable bonds is 3. The van der Waals surface area contributed by atoms with E-state index in [1.165, 1.54) is 11.1 Å². The molecule has 1 aromatic carbocycles. The van der Waals surface area contributed by atoms with Crippen LogP contribution >= 0.6 is 0 Å². The average molecular weight is 179 g/mol. The predicted octanol–water partition coefficient (Wildman–Crippen LogP) is 1.55. The molecule has 0 amide bonds. The lowest BCUT2D eigenvalue weighted by Crippen LogP contribution is -2.13. The largest absolute Gasteiger partial charge is 0.387 e. The van der Waals surface area contributed by atoms with Crippen LogP contribution in [0.4, 0.5) is 0 Å². The highest BCUT2D eigenvalue weighted by molar-refractivity contribution is 5.33. The van der Waals surface area contributed by atoms with E-state index in [1.54, 1.807) is 0 Å². The maximum absolute atomic E-state index is 9.64. The minimum atomic E-state index is -0.519. The Hall–Kier alpha value is -0.860. The molecule has 0 aromatic heterocycles. The minimum Gasteiger partial charge on any atom is -0.387 e. The molecule has 72 valence electrons. The van der Waals surface area contributed by atoms with Gasteiger partial charge in [0.25, 0.3) is 0 Å². The normalized spacial score (nSPS) is 12.9. The maximum Gasteiger partial charge on any atom is 0.0914 e. The van der Waals surface area contributed by atoms with Gasteiger partial charge >= 0.3 is 0 Å². The highest BCUT2D eigenvalue weighted by Gasteiger charge is 2.09. The van der Waals surface area contributed by atoms with Gasteiger partial charge in [0.15, 0.2) is 0 Å². The summed E-state index contributed by atoms with van der Waals surface area (Å²) in [6.07, 6.45) is 0.419. The summed E-state index contributed by atoms with van der Waals surface area (Å²) in [7, 11) is 0. The van der Waals surface area contributed by atoms with Crippen molar-refractivity contribution in [1.29, 1.82) is 0 Å². The SMILES string of the molecule is CCc1ccc(C)cc1C(O)CN. The summed E-state index contributed by atoms with van der Waals surface area (Å²) >= 11 is 0. The molecule has 0 saturated heterocycles. The molecule has 0 aliphatic carbocycles. The monoisotopic (exact) mass is 179 g/mol. The van der Waals surface area contributed by atoms with Gasteiger partial charge in [-0.3, -0.25) is 0 Å². The summed E-state index contributed by atoms with van der Waals surface area (Å²) in [6.45, 7) is 4.39. The Labute approximate surface area is 79.4 Å². The van der Waals surface area contributed by atoms with E-state index in [-0.39, 0.29) is 6.54 Å². The van der Waals surface area contributed by atoms with E-state index in [1.807, 2.05) is 13.0 Å². The van der Waals surface area contributed by atoms with E-state index >= 15 is 0 Å². The lowest BCUT2D eigenvalue weighted by molar-refractivity contribution is 0.185. The summed E-state index contributed by atoms with van der Waals surface area (Å²) in [5, 5.41) is 9.64. The van der Waals surface area contributed by atoms with Crippen molar-refractivity contribution in [3.63, 3.8) is 0 Å². The zero-order chi connectivity index (χ0) is 9.84. The fourth-order valence-corrected chi connectivity index (χ4v) is 1.47. The second-order valence-electron chi connectivity index (χ2n) is 3.31. The molecule has 0 heterocycles. The molecule has 3 N–H and O–H groups in total. The van der Waals surface area contributed by atoms with Gasteiger partial charge in [0, 0.05) is 6.54 Å². The van der Waals surface area contributed by atoms with Crippen LogP contribution in [0.5, 0.6) is 0 Å². The molecule has 2 heteroatoms. The quantitative estimate of drug-likeness (QED) is 0.739. The van der Waals surface area contributed by atoms with E-state index in [4.69, 9.17) is 5.73 Å². The average Bonchev–Trinajstić information content (AvgIpc) is 2.16. The summed E-state index contributed by atoms with van der Waals surface area (Å²) in [5.41, 5.74) is 8.75. The molecule has 2 nitrogen and oxygen atoms in total. The van der Waals surface area contributed by atoms with Crippen molar-refractivity contribution in [3.8, 4) is 0 Å². The lowest BCUT2D eigenvalue weighted by atomic mass is 9.98. The van der Waals surface area contributed by atoms with Crippen LogP contribution in [0.3, 0.4) is 0 Å². The first-order valence-electron chi connectivity index (χ1n) is 4.66. The Bertz CT molecular complexity index is 283. The van der Waals surface area contributed by atoms with Crippen molar-refractivity contribution in [2.45, 2.75) is 26.4 Å². The Morgan fingerprint density at radius 2 is 2.15 bits per heavy atom. The summed E-state index contributed by atoms with van der Waals surface area (Å²) in [6, 6.07) is 6.13. The number of nitrogens with two attached hydrogens (primary N) is 1. The van der Waals surface area contributed by atoms with Crippen LogP contribution in [-0.2, 0) is 6.42 Å². The summed E-state index contributed by atoms with van der Waals surface area (Å²) < 4.78 is 0. The topological polar surface area (TPSA) is 46.2 Å². The molecule has 0 aliphatic rings. The van der Waals surface area contributed by atoms with E-state index in [0.29, 0.717) is 0 Å². The van der Waals surface area contributed by atoms with Crippen LogP contribution < -0.4 is 5.73 Å². The number of hydrogen-bond acceptors (Lipinski definition) is 2. The van der Waals surface area contributed by atoms with Gasteiger partial charge < -0.3 is 10.8 Å². The van der Waals surface area contributed by atoms with Gasteiger partial charge in [0.1, 0.15) is 0 Å². The number of aliphatic hydroxyl groups is 1. The molecular weight excluding hydrogens is 162 g/mol. The molecule has 0 bridgehead atoms. The fraction of sp³-hybridized carbons (Fsp3) is 0.455. The lowest BCUT2D eigenvalue weighted by Gasteiger charge is -2.13. The van der Waals surface area contributed by atoms with Gasteiger partial charge in [-0.05, 0) is 24.5 Å². The van der Waals surface area contributed by atoms with Gasteiger partial charge in [0.2, 0.25) is 0 Å². The van der Waals surface area contributed by atoms with Crippen molar-refractivity contribution in [3.05, 3.63) is 34.9 Å². The third-order valence-electron chi connectivity index (χ3n) is 2.26. The Kier molecular flexibility index (Phi) is 3.46. The highest BCUT2D eigenvalue weighted by atomic mass is 16.3. The van der Waals surface area contributed by atoms with E-state index in [2.05, 4.69) is 19.1 Å². The molecule has 0 aliphatic heterocycles. The third kappa shape index (κ3) is 2.29. The van der Waals surface area contributed by atoms with Gasteiger partial charge in [-0.25, -0.2) is 0 Å². The van der Waals surface area contributed by atoms with Crippen molar-refractivity contribution in [2.24, 2.45) is 5.73 Å². The molecular formula is C11H17NO. The van der Waals surface area contributed by atoms with Gasteiger partial charge in [-0.2, -0.15) is 0 Å². The molecule has 13 heavy (non-hydrogen) atoms.